The molecule has 54 valence electrons. The molecule has 6 heteroatoms. The van der Waals surface area contributed by atoms with Gasteiger partial charge in [-0.15, -0.1) is 0 Å². The van der Waals surface area contributed by atoms with Crippen molar-refractivity contribution in [3.05, 3.63) is 0 Å². The van der Waals surface area contributed by atoms with E-state index in [1.54, 1.807) is 0 Å². The van der Waals surface area contributed by atoms with Gasteiger partial charge in [0.15, 0.2) is 5.11 Å². The Kier molecular flexibility index (Phi) is 5.18. The molecule has 0 aliphatic carbocycles. The molecule has 0 aromatic heterocycles. The van der Waals surface area contributed by atoms with Crippen LogP contribution in [0.5, 0.6) is 0 Å². The van der Waals surface area contributed by atoms with Crippen LogP contribution in [-0.2, 0) is 4.79 Å². The Labute approximate surface area is 58.5 Å². The summed E-state index contributed by atoms with van der Waals surface area (Å²) < 4.78 is 0. The van der Waals surface area contributed by atoms with Gasteiger partial charge in [0.1, 0.15) is 0 Å². The summed E-state index contributed by atoms with van der Waals surface area (Å²) in [7, 11) is 0. The first-order chi connectivity index (χ1) is 3.55. The molecule has 7 N–H and O–H groups in total. The van der Waals surface area contributed by atoms with Crippen LogP contribution < -0.4 is 17.7 Å². The highest BCUT2D eigenvalue weighted by Gasteiger charge is 2.02. The minimum atomic E-state index is -0.363. The van der Waals surface area contributed by atoms with Crippen molar-refractivity contribution >= 4 is 23.2 Å². The largest absolute Gasteiger partial charge is 0.375 e. The predicted molar refractivity (Wildman–Crippen MR) is 38.5 cm³/mol. The topological polar surface area (TPSA) is 107 Å². The molecular weight excluding hydrogens is 140 g/mol. The van der Waals surface area contributed by atoms with E-state index in [2.05, 4.69) is 12.2 Å². The van der Waals surface area contributed by atoms with E-state index in [-0.39, 0.29) is 17.2 Å². The van der Waals surface area contributed by atoms with E-state index in [4.69, 9.17) is 11.6 Å². The highest BCUT2D eigenvalue weighted by molar-refractivity contribution is 7.80. The molecule has 0 radical (unpaired) electrons. The second-order valence-corrected chi connectivity index (χ2v) is 1.65. The number of hydrogen-bond acceptors (Lipinski definition) is 4. The molecule has 0 spiro atoms. The number of amides is 1. The van der Waals surface area contributed by atoms with E-state index >= 15 is 0 Å². The van der Waals surface area contributed by atoms with Crippen molar-refractivity contribution in [2.45, 2.75) is 6.92 Å². The van der Waals surface area contributed by atoms with Gasteiger partial charge in [0.05, 0.1) is 0 Å². The molecular formula is C3H10N4OS. The Hall–Kier alpha value is -0.720. The summed E-state index contributed by atoms with van der Waals surface area (Å²) >= 11 is 4.35. The number of nitrogens with zero attached hydrogens (tertiary/aromatic N) is 1. The number of rotatable bonds is 0. The summed E-state index contributed by atoms with van der Waals surface area (Å²) in [5, 5.41) is 0.590. The molecule has 0 heterocycles. The minimum absolute atomic E-state index is 0. The van der Waals surface area contributed by atoms with Crippen LogP contribution in [0.4, 0.5) is 0 Å². The molecule has 0 saturated heterocycles. The first-order valence-electron chi connectivity index (χ1n) is 1.90. The smallest absolute Gasteiger partial charge is 0.239 e. The maximum atomic E-state index is 10.2. The molecule has 0 aliphatic rings. The lowest BCUT2D eigenvalue weighted by atomic mass is 10.7. The van der Waals surface area contributed by atoms with Crippen molar-refractivity contribution in [1.29, 1.82) is 0 Å². The van der Waals surface area contributed by atoms with Gasteiger partial charge in [0, 0.05) is 6.92 Å². The Morgan fingerprint density at radius 1 is 1.67 bits per heavy atom. The number of hydrogen-bond donors (Lipinski definition) is 3. The summed E-state index contributed by atoms with van der Waals surface area (Å²) in [6.45, 7) is 1.28. The second-order valence-electron chi connectivity index (χ2n) is 1.23. The zero-order valence-corrected chi connectivity index (χ0v) is 5.94. The Bertz CT molecular complexity index is 111. The van der Waals surface area contributed by atoms with Crippen molar-refractivity contribution in [3.63, 3.8) is 0 Å². The SMILES string of the molecule is CC(=O)N(N)C(N)=S.N. The third-order valence-corrected chi connectivity index (χ3v) is 0.773. The summed E-state index contributed by atoms with van der Waals surface area (Å²) in [4.78, 5) is 10.2. The standard InChI is InChI=1S/C3H7N3OS.H3N/c1-2(7)6(5)3(4)8;/h5H2,1H3,(H2,4,8);1H3. The fourth-order valence-electron chi connectivity index (χ4n) is 0.155. The Morgan fingerprint density at radius 2 is 2.00 bits per heavy atom. The van der Waals surface area contributed by atoms with Gasteiger partial charge in [-0.1, -0.05) is 0 Å². The van der Waals surface area contributed by atoms with Crippen molar-refractivity contribution in [2.24, 2.45) is 11.6 Å². The molecule has 9 heavy (non-hydrogen) atoms. The number of nitrogens with two attached hydrogens (primary N) is 2. The van der Waals surface area contributed by atoms with Gasteiger partial charge in [-0.25, -0.2) is 10.9 Å². The zero-order valence-electron chi connectivity index (χ0n) is 5.13. The minimum Gasteiger partial charge on any atom is -0.375 e. The summed E-state index contributed by atoms with van der Waals surface area (Å²) in [5.41, 5.74) is 4.95. The third-order valence-electron chi connectivity index (χ3n) is 0.577. The Morgan fingerprint density at radius 3 is 2.00 bits per heavy atom. The van der Waals surface area contributed by atoms with Crippen LogP contribution in [0.15, 0.2) is 0 Å². The molecule has 0 unspecified atom stereocenters. The molecule has 0 aliphatic heterocycles. The molecule has 0 aromatic carbocycles. The van der Waals surface area contributed by atoms with Crippen LogP contribution in [0.1, 0.15) is 6.92 Å². The van der Waals surface area contributed by atoms with Crippen molar-refractivity contribution in [2.75, 3.05) is 0 Å². The maximum absolute atomic E-state index is 10.2. The van der Waals surface area contributed by atoms with Crippen LogP contribution >= 0.6 is 12.2 Å². The van der Waals surface area contributed by atoms with E-state index in [1.165, 1.54) is 6.92 Å². The van der Waals surface area contributed by atoms with E-state index in [0.717, 1.165) is 0 Å². The molecule has 0 saturated carbocycles. The summed E-state index contributed by atoms with van der Waals surface area (Å²) in [6.07, 6.45) is 0. The summed E-state index contributed by atoms with van der Waals surface area (Å²) in [6, 6.07) is 0. The number of carbonyl (C=O) groups is 1. The maximum Gasteiger partial charge on any atom is 0.239 e. The van der Waals surface area contributed by atoms with Crippen LogP contribution in [-0.4, -0.2) is 16.0 Å². The van der Waals surface area contributed by atoms with Gasteiger partial charge in [-0.3, -0.25) is 4.79 Å². The average Bonchev–Trinajstić information content (AvgIpc) is 1.64. The van der Waals surface area contributed by atoms with E-state index in [0.29, 0.717) is 5.01 Å². The zero-order chi connectivity index (χ0) is 6.73. The Balaban J connectivity index is 0. The van der Waals surface area contributed by atoms with Crippen molar-refractivity contribution in [3.8, 4) is 0 Å². The quantitative estimate of drug-likeness (QED) is 0.180. The van der Waals surface area contributed by atoms with Crippen LogP contribution in [0.3, 0.4) is 0 Å². The molecule has 0 aromatic rings. The van der Waals surface area contributed by atoms with Gasteiger partial charge < -0.3 is 11.9 Å². The lowest BCUT2D eigenvalue weighted by Gasteiger charge is -2.09. The highest BCUT2D eigenvalue weighted by Crippen LogP contribution is 1.75. The lowest BCUT2D eigenvalue weighted by molar-refractivity contribution is -0.125. The fourth-order valence-corrected chi connectivity index (χ4v) is 0.284. The van der Waals surface area contributed by atoms with Crippen LogP contribution in [0.25, 0.3) is 0 Å². The van der Waals surface area contributed by atoms with Gasteiger partial charge >= 0.3 is 0 Å². The van der Waals surface area contributed by atoms with Gasteiger partial charge in [-0.05, 0) is 12.2 Å². The molecule has 0 rings (SSSR count). The molecule has 0 bridgehead atoms. The number of carbonyl (C=O) groups excluding carboxylic acids is 1. The lowest BCUT2D eigenvalue weighted by Crippen LogP contribution is -2.44. The van der Waals surface area contributed by atoms with Crippen molar-refractivity contribution in [1.82, 2.24) is 11.2 Å². The van der Waals surface area contributed by atoms with Crippen LogP contribution in [0.2, 0.25) is 0 Å². The first-order valence-corrected chi connectivity index (χ1v) is 2.31. The van der Waals surface area contributed by atoms with E-state index in [1.807, 2.05) is 0 Å². The van der Waals surface area contributed by atoms with E-state index in [9.17, 15) is 4.79 Å². The predicted octanol–water partition coefficient (Wildman–Crippen LogP) is -0.886. The molecule has 0 atom stereocenters. The van der Waals surface area contributed by atoms with Gasteiger partial charge in [0.25, 0.3) is 0 Å². The molecule has 5 nitrogen and oxygen atoms in total. The molecule has 1 amide bonds. The number of hydrazine groups is 1. The third kappa shape index (κ3) is 3.83. The van der Waals surface area contributed by atoms with Crippen molar-refractivity contribution < 1.29 is 4.79 Å². The first kappa shape index (κ1) is 11.1. The average molecular weight is 150 g/mol. The monoisotopic (exact) mass is 150 g/mol. The molecule has 0 fully saturated rings. The highest BCUT2D eigenvalue weighted by atomic mass is 32.1. The van der Waals surface area contributed by atoms with E-state index < -0.39 is 0 Å². The number of thiocarbonyl (C=S) groups is 1. The van der Waals surface area contributed by atoms with Gasteiger partial charge in [-0.2, -0.15) is 0 Å². The normalized spacial score (nSPS) is 7.33. The van der Waals surface area contributed by atoms with Gasteiger partial charge in [0.2, 0.25) is 5.91 Å². The van der Waals surface area contributed by atoms with Crippen LogP contribution in [0, 0.1) is 0 Å². The second kappa shape index (κ2) is 4.19. The summed E-state index contributed by atoms with van der Waals surface area (Å²) in [5.74, 6) is 4.61. The fraction of sp³-hybridized carbons (Fsp3) is 0.333.